The van der Waals surface area contributed by atoms with Crippen molar-refractivity contribution in [3.63, 3.8) is 0 Å². The largest absolute Gasteiger partial charge is 0.472 e. The van der Waals surface area contributed by atoms with E-state index in [1.165, 1.54) is 10.9 Å². The Kier molecular flexibility index (Phi) is 4.71. The number of nitrogen functional groups attached to an aromatic ring is 1. The number of nitrogens with two attached hydrogens (primary N) is 1. The summed E-state index contributed by atoms with van der Waals surface area (Å²) in [6, 6.07) is 0. The molecule has 152 valence electrons. The van der Waals surface area contributed by atoms with Gasteiger partial charge in [-0.3, -0.25) is 28.2 Å². The van der Waals surface area contributed by atoms with Crippen LogP contribution in [0.5, 0.6) is 0 Å². The molecule has 0 spiro atoms. The second kappa shape index (κ2) is 6.94. The third-order valence-electron chi connectivity index (χ3n) is 4.39. The van der Waals surface area contributed by atoms with Gasteiger partial charge < -0.3 is 20.1 Å². The van der Waals surface area contributed by atoms with Gasteiger partial charge in [0.15, 0.2) is 23.5 Å². The molecular formula is C14H18N5O8P. The first-order valence-corrected chi connectivity index (χ1v) is 10.0. The number of esters is 1. The predicted molar refractivity (Wildman–Crippen MR) is 91.9 cm³/mol. The summed E-state index contributed by atoms with van der Waals surface area (Å²) in [5, 5.41) is 0. The molecule has 0 saturated carbocycles. The molecule has 1 unspecified atom stereocenters. The first-order chi connectivity index (χ1) is 13.3. The minimum atomic E-state index is -4.31. The number of carbonyl (C=O) groups is 1. The molecule has 2 saturated heterocycles. The highest BCUT2D eigenvalue weighted by atomic mass is 31.2. The first-order valence-electron chi connectivity index (χ1n) is 8.52. The van der Waals surface area contributed by atoms with Crippen molar-refractivity contribution < 1.29 is 32.8 Å². The number of nitrogens with zero attached hydrogens (tertiary/aromatic N) is 3. The molecule has 2 aromatic heterocycles. The number of rotatable bonds is 4. The van der Waals surface area contributed by atoms with Crippen LogP contribution in [0.3, 0.4) is 0 Å². The number of nitrogens with one attached hydrogen (secondary N) is 1. The lowest BCUT2D eigenvalue weighted by Gasteiger charge is -2.29. The predicted octanol–water partition coefficient (Wildman–Crippen LogP) is -0.173. The molecule has 4 rings (SSSR count). The van der Waals surface area contributed by atoms with Gasteiger partial charge in [-0.25, -0.2) is 9.55 Å². The summed E-state index contributed by atoms with van der Waals surface area (Å²) in [6.07, 6.45) is -1.96. The van der Waals surface area contributed by atoms with Crippen LogP contribution >= 0.6 is 7.82 Å². The summed E-state index contributed by atoms with van der Waals surface area (Å²) in [5.41, 5.74) is 5.18. The molecule has 0 bridgehead atoms. The lowest BCUT2D eigenvalue weighted by molar-refractivity contribution is -0.158. The fraction of sp³-hybridized carbons (Fsp3) is 0.571. The zero-order chi connectivity index (χ0) is 20.1. The van der Waals surface area contributed by atoms with E-state index in [0.717, 1.165) is 0 Å². The first kappa shape index (κ1) is 19.0. The lowest BCUT2D eigenvalue weighted by atomic mass is 10.1. The molecule has 0 amide bonds. The average Bonchev–Trinajstić information content (AvgIpc) is 3.16. The second-order valence-electron chi connectivity index (χ2n) is 6.38. The van der Waals surface area contributed by atoms with Crippen LogP contribution in [0.15, 0.2) is 11.1 Å². The molecule has 4 N–H and O–H groups in total. The van der Waals surface area contributed by atoms with E-state index >= 15 is 0 Å². The smallest absolute Gasteiger partial charge is 0.455 e. The van der Waals surface area contributed by atoms with E-state index in [9.17, 15) is 19.0 Å². The number of fused-ring (bicyclic) bond motifs is 2. The van der Waals surface area contributed by atoms with E-state index in [1.54, 1.807) is 0 Å². The number of anilines is 1. The van der Waals surface area contributed by atoms with E-state index in [1.807, 2.05) is 6.92 Å². The van der Waals surface area contributed by atoms with E-state index in [0.29, 0.717) is 6.42 Å². The third kappa shape index (κ3) is 3.31. The van der Waals surface area contributed by atoms with E-state index in [-0.39, 0.29) is 30.1 Å². The molecule has 13 nitrogen and oxygen atoms in total. The van der Waals surface area contributed by atoms with Gasteiger partial charge in [-0.15, -0.1) is 0 Å². The van der Waals surface area contributed by atoms with Crippen molar-refractivity contribution in [2.45, 2.75) is 44.3 Å². The van der Waals surface area contributed by atoms with Crippen LogP contribution in [0.4, 0.5) is 5.95 Å². The Morgan fingerprint density at radius 1 is 1.57 bits per heavy atom. The number of phosphoric ester groups is 1. The van der Waals surface area contributed by atoms with Crippen molar-refractivity contribution in [1.29, 1.82) is 0 Å². The van der Waals surface area contributed by atoms with Gasteiger partial charge in [0.05, 0.1) is 12.9 Å². The topological polar surface area (TPSA) is 181 Å². The molecule has 2 aromatic rings. The highest BCUT2D eigenvalue weighted by Crippen LogP contribution is 2.53. The molecular weight excluding hydrogens is 397 g/mol. The SMILES string of the molecule is CCCC(=O)O[C@@H]1[C@@H]2OP(=O)(O)OC[C@@H]2O[C@@H]1n1cnc2c(=O)[nH]c(N)nc21. The molecule has 4 heterocycles. The Morgan fingerprint density at radius 2 is 2.36 bits per heavy atom. The number of hydrogen-bond acceptors (Lipinski definition) is 10. The molecule has 0 radical (unpaired) electrons. The molecule has 2 aliphatic rings. The maximum Gasteiger partial charge on any atom is 0.472 e. The van der Waals surface area contributed by atoms with Gasteiger partial charge in [-0.1, -0.05) is 6.92 Å². The number of imidazole rings is 1. The van der Waals surface area contributed by atoms with Gasteiger partial charge in [0.2, 0.25) is 5.95 Å². The van der Waals surface area contributed by atoms with Crippen LogP contribution < -0.4 is 11.3 Å². The second-order valence-corrected chi connectivity index (χ2v) is 7.79. The summed E-state index contributed by atoms with van der Waals surface area (Å²) in [5.74, 6) is -0.659. The van der Waals surface area contributed by atoms with Gasteiger partial charge in [-0.2, -0.15) is 4.98 Å². The summed E-state index contributed by atoms with van der Waals surface area (Å²) in [6.45, 7) is 1.57. The van der Waals surface area contributed by atoms with Crippen molar-refractivity contribution in [2.75, 3.05) is 12.3 Å². The number of aromatic amines is 1. The number of ether oxygens (including phenoxy) is 2. The van der Waals surface area contributed by atoms with Gasteiger partial charge in [0, 0.05) is 6.42 Å². The molecule has 5 atom stereocenters. The fourth-order valence-corrected chi connectivity index (χ4v) is 4.17. The van der Waals surface area contributed by atoms with Crippen molar-refractivity contribution in [3.05, 3.63) is 16.7 Å². The Bertz CT molecular complexity index is 1020. The molecule has 2 fully saturated rings. The fourth-order valence-electron chi connectivity index (χ4n) is 3.21. The third-order valence-corrected chi connectivity index (χ3v) is 5.37. The van der Waals surface area contributed by atoms with Crippen LogP contribution in [0, 0.1) is 0 Å². The van der Waals surface area contributed by atoms with Gasteiger partial charge in [0.1, 0.15) is 12.2 Å². The average molecular weight is 415 g/mol. The minimum absolute atomic E-state index is 0.0105. The normalized spacial score (nSPS) is 32.4. The molecule has 0 aromatic carbocycles. The zero-order valence-corrected chi connectivity index (χ0v) is 15.6. The summed E-state index contributed by atoms with van der Waals surface area (Å²) in [4.78, 5) is 44.2. The number of H-pyrrole nitrogens is 1. The van der Waals surface area contributed by atoms with Crippen LogP contribution in [0.25, 0.3) is 11.2 Å². The standard InChI is InChI=1S/C14H18N5O8P/c1-2-3-7(20)26-10-9-6(4-24-28(22,23)27-9)25-13(10)19-5-16-8-11(19)17-14(15)18-12(8)21/h5-6,9-10,13H,2-4H2,1H3,(H,22,23)(H3,15,17,18,21)/t6-,9+,10+,13-/m0/s1. The monoisotopic (exact) mass is 415 g/mol. The Balaban J connectivity index is 1.75. The van der Waals surface area contributed by atoms with Crippen LogP contribution in [0.1, 0.15) is 26.0 Å². The number of hydrogen-bond donors (Lipinski definition) is 3. The highest BCUT2D eigenvalue weighted by Gasteiger charge is 2.55. The number of aromatic nitrogens is 4. The van der Waals surface area contributed by atoms with E-state index in [2.05, 4.69) is 15.0 Å². The van der Waals surface area contributed by atoms with E-state index in [4.69, 9.17) is 24.3 Å². The maximum absolute atomic E-state index is 12.1. The van der Waals surface area contributed by atoms with Crippen molar-refractivity contribution in [3.8, 4) is 0 Å². The Morgan fingerprint density at radius 3 is 3.11 bits per heavy atom. The summed E-state index contributed by atoms with van der Waals surface area (Å²) >= 11 is 0. The zero-order valence-electron chi connectivity index (χ0n) is 14.7. The molecule has 14 heteroatoms. The van der Waals surface area contributed by atoms with Crippen LogP contribution in [0.2, 0.25) is 0 Å². The van der Waals surface area contributed by atoms with Gasteiger partial charge >= 0.3 is 13.8 Å². The lowest BCUT2D eigenvalue weighted by Crippen LogP contribution is -2.41. The molecule has 28 heavy (non-hydrogen) atoms. The maximum atomic E-state index is 12.1. The summed E-state index contributed by atoms with van der Waals surface area (Å²) < 4.78 is 34.5. The highest BCUT2D eigenvalue weighted by molar-refractivity contribution is 7.47. The Labute approximate surface area is 157 Å². The molecule has 0 aliphatic carbocycles. The summed E-state index contributed by atoms with van der Waals surface area (Å²) in [7, 11) is -4.31. The Hall–Kier alpha value is -2.31. The van der Waals surface area contributed by atoms with Crippen LogP contribution in [-0.2, 0) is 27.9 Å². The van der Waals surface area contributed by atoms with Gasteiger partial charge in [0.25, 0.3) is 5.56 Å². The van der Waals surface area contributed by atoms with Gasteiger partial charge in [-0.05, 0) is 6.42 Å². The van der Waals surface area contributed by atoms with Crippen molar-refractivity contribution in [1.82, 2.24) is 19.5 Å². The molecule has 2 aliphatic heterocycles. The number of carbonyl (C=O) groups excluding carboxylic acids is 1. The van der Waals surface area contributed by atoms with Crippen molar-refractivity contribution >= 4 is 30.9 Å². The van der Waals surface area contributed by atoms with Crippen LogP contribution in [-0.4, -0.2) is 55.3 Å². The quantitative estimate of drug-likeness (QED) is 0.445. The van der Waals surface area contributed by atoms with Crippen molar-refractivity contribution in [2.24, 2.45) is 0 Å². The minimum Gasteiger partial charge on any atom is -0.455 e. The number of phosphoric acid groups is 1. The van der Waals surface area contributed by atoms with E-state index < -0.39 is 43.9 Å².